The lowest BCUT2D eigenvalue weighted by molar-refractivity contribution is -0.160. The van der Waals surface area contributed by atoms with E-state index in [0.29, 0.717) is 17.3 Å². The normalized spacial score (nSPS) is 9.68. The number of aromatic nitrogens is 1. The summed E-state index contributed by atoms with van der Waals surface area (Å²) in [4.78, 5) is 49.5. The first-order chi connectivity index (χ1) is 14.8. The average Bonchev–Trinajstić information content (AvgIpc) is 2.76. The monoisotopic (exact) mass is 468 g/mol. The molecule has 1 heterocycles. The van der Waals surface area contributed by atoms with E-state index in [1.165, 1.54) is 11.1 Å². The number of carbonyl (C=O) groups excluding carboxylic acids is 4. The van der Waals surface area contributed by atoms with Crippen molar-refractivity contribution < 1.29 is 28.7 Å². The SMILES string of the molecule is CCOC(=O)C(=O)Cl.CCOC(=O)C(=O)N(Cc1ccccc1)Cc1ccc(Cl)cn1. The third-order valence-electron chi connectivity index (χ3n) is 3.53. The number of halogens is 2. The van der Waals surface area contributed by atoms with Crippen LogP contribution in [0.5, 0.6) is 0 Å². The van der Waals surface area contributed by atoms with E-state index in [1.54, 1.807) is 26.0 Å². The second kappa shape index (κ2) is 14.1. The van der Waals surface area contributed by atoms with Crippen molar-refractivity contribution in [2.45, 2.75) is 26.9 Å². The maximum absolute atomic E-state index is 12.3. The van der Waals surface area contributed by atoms with Crippen LogP contribution in [0.1, 0.15) is 25.1 Å². The zero-order valence-electron chi connectivity index (χ0n) is 17.0. The summed E-state index contributed by atoms with van der Waals surface area (Å²) in [7, 11) is 0. The van der Waals surface area contributed by atoms with E-state index < -0.39 is 23.1 Å². The van der Waals surface area contributed by atoms with E-state index in [2.05, 4.69) is 9.72 Å². The molecule has 2 rings (SSSR count). The van der Waals surface area contributed by atoms with Gasteiger partial charge in [0.2, 0.25) is 0 Å². The number of benzene rings is 1. The van der Waals surface area contributed by atoms with Crippen LogP contribution in [0.3, 0.4) is 0 Å². The summed E-state index contributed by atoms with van der Waals surface area (Å²) >= 11 is 10.5. The fraction of sp³-hybridized carbons (Fsp3) is 0.286. The molecule has 8 nitrogen and oxygen atoms in total. The van der Waals surface area contributed by atoms with Crippen molar-refractivity contribution in [3.05, 3.63) is 64.9 Å². The number of nitrogens with zero attached hydrogens (tertiary/aromatic N) is 2. The minimum absolute atomic E-state index is 0.156. The van der Waals surface area contributed by atoms with E-state index >= 15 is 0 Å². The van der Waals surface area contributed by atoms with Crippen LogP contribution in [-0.4, -0.2) is 46.2 Å². The van der Waals surface area contributed by atoms with E-state index in [1.807, 2.05) is 30.3 Å². The van der Waals surface area contributed by atoms with E-state index in [4.69, 9.17) is 27.9 Å². The Bertz CT molecular complexity index is 875. The molecule has 0 aliphatic rings. The summed E-state index contributed by atoms with van der Waals surface area (Å²) in [6.07, 6.45) is 1.51. The van der Waals surface area contributed by atoms with Gasteiger partial charge in [0.05, 0.1) is 30.5 Å². The van der Waals surface area contributed by atoms with Gasteiger partial charge in [0.1, 0.15) is 0 Å². The Morgan fingerprint density at radius 1 is 0.903 bits per heavy atom. The highest BCUT2D eigenvalue weighted by molar-refractivity contribution is 6.80. The molecule has 0 radical (unpaired) electrons. The van der Waals surface area contributed by atoms with Gasteiger partial charge in [-0.15, -0.1) is 0 Å². The van der Waals surface area contributed by atoms with Gasteiger partial charge in [0, 0.05) is 12.7 Å². The van der Waals surface area contributed by atoms with Crippen LogP contribution >= 0.6 is 23.2 Å². The molecule has 0 saturated carbocycles. The lowest BCUT2D eigenvalue weighted by Crippen LogP contribution is -2.37. The van der Waals surface area contributed by atoms with E-state index in [-0.39, 0.29) is 19.8 Å². The number of esters is 2. The summed E-state index contributed by atoms with van der Waals surface area (Å²) in [6, 6.07) is 12.8. The van der Waals surface area contributed by atoms with Gasteiger partial charge in [-0.25, -0.2) is 9.59 Å². The largest absolute Gasteiger partial charge is 0.459 e. The molecule has 0 unspecified atom stereocenters. The number of amides is 1. The molecule has 1 aromatic heterocycles. The maximum atomic E-state index is 12.3. The van der Waals surface area contributed by atoms with Crippen molar-refractivity contribution in [2.75, 3.05) is 13.2 Å². The summed E-state index contributed by atoms with van der Waals surface area (Å²) < 4.78 is 8.99. The molecule has 0 spiro atoms. The number of ether oxygens (including phenoxy) is 2. The van der Waals surface area contributed by atoms with Gasteiger partial charge in [0.25, 0.3) is 0 Å². The Kier molecular flexibility index (Phi) is 11.9. The van der Waals surface area contributed by atoms with Crippen molar-refractivity contribution in [1.82, 2.24) is 9.88 Å². The molecule has 2 aromatic rings. The van der Waals surface area contributed by atoms with Crippen LogP contribution in [0.4, 0.5) is 0 Å². The number of rotatable bonds is 7. The van der Waals surface area contributed by atoms with E-state index in [0.717, 1.165) is 5.56 Å². The van der Waals surface area contributed by atoms with Gasteiger partial charge in [0.15, 0.2) is 0 Å². The number of hydrogen-bond acceptors (Lipinski definition) is 7. The molecule has 1 aromatic carbocycles. The molecular weight excluding hydrogens is 447 g/mol. The molecule has 1 amide bonds. The zero-order valence-corrected chi connectivity index (χ0v) is 18.6. The van der Waals surface area contributed by atoms with Gasteiger partial charge in [-0.3, -0.25) is 14.6 Å². The predicted molar refractivity (Wildman–Crippen MR) is 114 cm³/mol. The predicted octanol–water partition coefficient (Wildman–Crippen LogP) is 3.14. The Balaban J connectivity index is 0.000000512. The quantitative estimate of drug-likeness (QED) is 0.349. The van der Waals surface area contributed by atoms with Gasteiger partial charge in [-0.05, 0) is 43.1 Å². The lowest BCUT2D eigenvalue weighted by Gasteiger charge is -2.21. The fourth-order valence-corrected chi connectivity index (χ4v) is 2.37. The Morgan fingerprint density at radius 2 is 1.52 bits per heavy atom. The molecule has 0 bridgehead atoms. The third kappa shape index (κ3) is 10.1. The average molecular weight is 469 g/mol. The highest BCUT2D eigenvalue weighted by atomic mass is 35.5. The molecule has 0 aliphatic heterocycles. The van der Waals surface area contributed by atoms with Crippen molar-refractivity contribution in [3.63, 3.8) is 0 Å². The Hall–Kier alpha value is -2.97. The van der Waals surface area contributed by atoms with Crippen LogP contribution in [0.2, 0.25) is 5.02 Å². The van der Waals surface area contributed by atoms with Gasteiger partial charge >= 0.3 is 23.1 Å². The number of hydrogen-bond donors (Lipinski definition) is 0. The van der Waals surface area contributed by atoms with Gasteiger partial charge < -0.3 is 14.4 Å². The molecule has 0 atom stereocenters. The number of carbonyl (C=O) groups is 4. The fourth-order valence-electron chi connectivity index (χ4n) is 2.21. The van der Waals surface area contributed by atoms with Crippen LogP contribution in [0, 0.1) is 0 Å². The Morgan fingerprint density at radius 3 is 2.00 bits per heavy atom. The number of pyridine rings is 1. The first-order valence-corrected chi connectivity index (χ1v) is 10.0. The molecule has 31 heavy (non-hydrogen) atoms. The van der Waals surface area contributed by atoms with Crippen LogP contribution in [-0.2, 0) is 41.7 Å². The van der Waals surface area contributed by atoms with E-state index in [9.17, 15) is 19.2 Å². The zero-order chi connectivity index (χ0) is 23.2. The molecule has 166 valence electrons. The standard InChI is InChI=1S/C17H17ClN2O3.C4H5ClO3/c1-2-23-17(22)16(21)20(11-13-6-4-3-5-7-13)12-15-9-8-14(18)10-19-15;1-2-8-4(7)3(5)6/h3-10H,2,11-12H2,1H3;2H2,1H3. The topological polar surface area (TPSA) is 103 Å². The maximum Gasteiger partial charge on any atom is 0.397 e. The second-order valence-corrected chi connectivity index (χ2v) is 6.61. The molecule has 10 heteroatoms. The Labute approximate surface area is 190 Å². The smallest absolute Gasteiger partial charge is 0.397 e. The minimum atomic E-state index is -1.08. The van der Waals surface area contributed by atoms with Crippen LogP contribution in [0.25, 0.3) is 0 Å². The van der Waals surface area contributed by atoms with Crippen LogP contribution < -0.4 is 0 Å². The first kappa shape index (κ1) is 26.1. The van der Waals surface area contributed by atoms with Crippen molar-refractivity contribution >= 4 is 46.3 Å². The minimum Gasteiger partial charge on any atom is -0.459 e. The third-order valence-corrected chi connectivity index (χ3v) is 3.91. The molecular formula is C21H22Cl2N2O6. The van der Waals surface area contributed by atoms with Gasteiger partial charge in [-0.2, -0.15) is 0 Å². The van der Waals surface area contributed by atoms with Gasteiger partial charge in [-0.1, -0.05) is 41.9 Å². The summed E-state index contributed by atoms with van der Waals surface area (Å²) in [5, 5.41) is -0.563. The molecule has 0 fully saturated rings. The van der Waals surface area contributed by atoms with Crippen LogP contribution in [0.15, 0.2) is 48.7 Å². The van der Waals surface area contributed by atoms with Crippen molar-refractivity contribution in [1.29, 1.82) is 0 Å². The van der Waals surface area contributed by atoms with Crippen molar-refractivity contribution in [3.8, 4) is 0 Å². The molecule has 0 aliphatic carbocycles. The first-order valence-electron chi connectivity index (χ1n) is 9.25. The highest BCUT2D eigenvalue weighted by Gasteiger charge is 2.24. The van der Waals surface area contributed by atoms with Crippen molar-refractivity contribution in [2.24, 2.45) is 0 Å². The summed E-state index contributed by atoms with van der Waals surface area (Å²) in [6.45, 7) is 4.08. The molecule has 0 saturated heterocycles. The highest BCUT2D eigenvalue weighted by Crippen LogP contribution is 2.12. The lowest BCUT2D eigenvalue weighted by atomic mass is 10.2. The summed E-state index contributed by atoms with van der Waals surface area (Å²) in [5.74, 6) is -2.54. The second-order valence-electron chi connectivity index (χ2n) is 5.83. The summed E-state index contributed by atoms with van der Waals surface area (Å²) in [5.41, 5.74) is 1.56. The molecule has 0 N–H and O–H groups in total.